The number of likely N-dealkylation sites (tertiary alicyclic amines) is 1. The average Bonchev–Trinajstić information content (AvgIpc) is 3.19. The highest BCUT2D eigenvalue weighted by molar-refractivity contribution is 6.30. The van der Waals surface area contributed by atoms with Crippen molar-refractivity contribution in [3.8, 4) is 0 Å². The lowest BCUT2D eigenvalue weighted by molar-refractivity contribution is -0.157. The number of nitrogens with zero attached hydrogens (tertiary/aromatic N) is 1. The molecule has 1 fully saturated rings. The van der Waals surface area contributed by atoms with Crippen LogP contribution in [0.15, 0.2) is 42.5 Å². The number of rotatable bonds is 5. The molecule has 2 aromatic rings. The van der Waals surface area contributed by atoms with E-state index in [4.69, 9.17) is 4.74 Å². The maximum Gasteiger partial charge on any atom is 0.312 e. The number of carbonyl (C=O) groups excluding carboxylic acids is 5. The summed E-state index contributed by atoms with van der Waals surface area (Å²) in [6.45, 7) is 5.41. The Labute approximate surface area is 190 Å². The van der Waals surface area contributed by atoms with Crippen molar-refractivity contribution < 1.29 is 28.7 Å². The third kappa shape index (κ3) is 4.04. The van der Waals surface area contributed by atoms with Crippen LogP contribution in [0.3, 0.4) is 0 Å². The van der Waals surface area contributed by atoms with Gasteiger partial charge in [-0.05, 0) is 26.8 Å². The number of hydrogen-bond donors (Lipinski definition) is 1. The van der Waals surface area contributed by atoms with Gasteiger partial charge in [-0.25, -0.2) is 0 Å². The fourth-order valence-electron chi connectivity index (χ4n) is 4.20. The second-order valence-electron chi connectivity index (χ2n) is 8.54. The molecule has 2 amide bonds. The smallest absolute Gasteiger partial charge is 0.312 e. The minimum Gasteiger partial charge on any atom is -0.452 e. The number of carbonyl (C=O) groups is 5. The van der Waals surface area contributed by atoms with Gasteiger partial charge in [-0.1, -0.05) is 36.4 Å². The van der Waals surface area contributed by atoms with Gasteiger partial charge < -0.3 is 15.0 Å². The van der Waals surface area contributed by atoms with Crippen LogP contribution in [0.2, 0.25) is 0 Å². The molecule has 8 nitrogen and oxygen atoms in total. The minimum atomic E-state index is -1.15. The maximum absolute atomic E-state index is 13.1. The van der Waals surface area contributed by atoms with Gasteiger partial charge in [0.05, 0.1) is 17.2 Å². The van der Waals surface area contributed by atoms with Crippen LogP contribution < -0.4 is 5.32 Å². The van der Waals surface area contributed by atoms with Gasteiger partial charge >= 0.3 is 5.97 Å². The molecule has 1 heterocycles. The monoisotopic (exact) mass is 448 g/mol. The fourth-order valence-corrected chi connectivity index (χ4v) is 4.20. The van der Waals surface area contributed by atoms with E-state index in [1.165, 1.54) is 13.0 Å². The number of benzene rings is 2. The molecule has 0 aromatic heterocycles. The molecule has 0 saturated carbocycles. The average molecular weight is 448 g/mol. The van der Waals surface area contributed by atoms with Crippen LogP contribution in [0, 0.1) is 5.92 Å². The van der Waals surface area contributed by atoms with Crippen LogP contribution in [-0.4, -0.2) is 52.9 Å². The molecule has 4 rings (SSSR count). The Morgan fingerprint density at radius 3 is 2.21 bits per heavy atom. The highest BCUT2D eigenvalue weighted by Gasteiger charge is 2.38. The number of nitrogens with one attached hydrogen (secondary N) is 1. The summed E-state index contributed by atoms with van der Waals surface area (Å²) in [6, 6.07) is 11.2. The molecule has 1 aliphatic carbocycles. The lowest BCUT2D eigenvalue weighted by Gasteiger charge is -2.22. The lowest BCUT2D eigenvalue weighted by Crippen LogP contribution is -2.35. The highest BCUT2D eigenvalue weighted by Crippen LogP contribution is 2.32. The van der Waals surface area contributed by atoms with Gasteiger partial charge in [-0.15, -0.1) is 0 Å². The predicted molar refractivity (Wildman–Crippen MR) is 119 cm³/mol. The summed E-state index contributed by atoms with van der Waals surface area (Å²) in [5.74, 6) is -2.67. The first-order chi connectivity index (χ1) is 15.7. The molecule has 2 aliphatic rings. The number of hydrogen-bond acceptors (Lipinski definition) is 6. The van der Waals surface area contributed by atoms with E-state index in [0.717, 1.165) is 0 Å². The topological polar surface area (TPSA) is 110 Å². The van der Waals surface area contributed by atoms with Gasteiger partial charge in [0.1, 0.15) is 0 Å². The van der Waals surface area contributed by atoms with E-state index in [-0.39, 0.29) is 58.9 Å². The molecule has 0 spiro atoms. The second kappa shape index (κ2) is 8.61. The fraction of sp³-hybridized carbons (Fsp3) is 0.320. The molecule has 1 aliphatic heterocycles. The molecular formula is C25H24N2O6. The summed E-state index contributed by atoms with van der Waals surface area (Å²) in [5, 5.41) is 2.62. The van der Waals surface area contributed by atoms with E-state index in [2.05, 4.69) is 5.32 Å². The van der Waals surface area contributed by atoms with Crippen molar-refractivity contribution in [1.29, 1.82) is 0 Å². The van der Waals surface area contributed by atoms with Gasteiger partial charge in [-0.3, -0.25) is 24.0 Å². The standard InChI is InChI=1S/C25H24N2O6/c1-13(2)27-12-15(11-20(27)28)25(32)33-14(3)24(31)26-19-10-6-9-18-21(19)23(30)17-8-5-4-7-16(17)22(18)29/h4-10,13-15H,11-12H2,1-3H3,(H,26,31). The Morgan fingerprint density at radius 2 is 1.58 bits per heavy atom. The van der Waals surface area contributed by atoms with Crippen molar-refractivity contribution in [1.82, 2.24) is 4.90 Å². The zero-order valence-corrected chi connectivity index (χ0v) is 18.6. The van der Waals surface area contributed by atoms with Gasteiger partial charge in [0, 0.05) is 35.7 Å². The third-order valence-electron chi connectivity index (χ3n) is 5.99. The van der Waals surface area contributed by atoms with Crippen LogP contribution in [0.4, 0.5) is 5.69 Å². The van der Waals surface area contributed by atoms with Crippen molar-refractivity contribution >= 4 is 35.0 Å². The number of amides is 2. The first-order valence-corrected chi connectivity index (χ1v) is 10.8. The van der Waals surface area contributed by atoms with Crippen LogP contribution in [0.25, 0.3) is 0 Å². The summed E-state index contributed by atoms with van der Waals surface area (Å²) in [5.41, 5.74) is 1.09. The van der Waals surface area contributed by atoms with Gasteiger partial charge in [0.25, 0.3) is 5.91 Å². The van der Waals surface area contributed by atoms with E-state index in [9.17, 15) is 24.0 Å². The van der Waals surface area contributed by atoms with E-state index >= 15 is 0 Å². The van der Waals surface area contributed by atoms with Crippen molar-refractivity contribution in [2.24, 2.45) is 5.92 Å². The summed E-state index contributed by atoms with van der Waals surface area (Å²) < 4.78 is 5.31. The molecular weight excluding hydrogens is 424 g/mol. The lowest BCUT2D eigenvalue weighted by atomic mass is 9.83. The van der Waals surface area contributed by atoms with Crippen molar-refractivity contribution in [2.75, 3.05) is 11.9 Å². The maximum atomic E-state index is 13.1. The normalized spacial score (nSPS) is 18.1. The van der Waals surface area contributed by atoms with Crippen molar-refractivity contribution in [3.63, 3.8) is 0 Å². The summed E-state index contributed by atoms with van der Waals surface area (Å²) in [7, 11) is 0. The quantitative estimate of drug-likeness (QED) is 0.601. The summed E-state index contributed by atoms with van der Waals surface area (Å²) >= 11 is 0. The minimum absolute atomic E-state index is 0.0225. The SMILES string of the molecule is CC(OC(=O)C1CC(=O)N(C(C)C)C1)C(=O)Nc1cccc2c1C(=O)c1ccccc1C2=O. The first kappa shape index (κ1) is 22.4. The highest BCUT2D eigenvalue weighted by atomic mass is 16.5. The van der Waals surface area contributed by atoms with Crippen LogP contribution in [0.5, 0.6) is 0 Å². The molecule has 2 unspecified atom stereocenters. The van der Waals surface area contributed by atoms with Crippen molar-refractivity contribution in [3.05, 3.63) is 64.7 Å². The zero-order valence-electron chi connectivity index (χ0n) is 18.6. The largest absolute Gasteiger partial charge is 0.452 e. The molecule has 2 aromatic carbocycles. The molecule has 1 N–H and O–H groups in total. The number of esters is 1. The Kier molecular flexibility index (Phi) is 5.84. The molecule has 33 heavy (non-hydrogen) atoms. The Hall–Kier alpha value is -3.81. The number of ketones is 2. The van der Waals surface area contributed by atoms with E-state index in [1.807, 2.05) is 13.8 Å². The third-order valence-corrected chi connectivity index (χ3v) is 5.99. The van der Waals surface area contributed by atoms with Crippen LogP contribution >= 0.6 is 0 Å². The number of anilines is 1. The molecule has 0 bridgehead atoms. The van der Waals surface area contributed by atoms with Gasteiger partial charge in [0.2, 0.25) is 5.91 Å². The predicted octanol–water partition coefficient (Wildman–Crippen LogP) is 2.59. The summed E-state index contributed by atoms with van der Waals surface area (Å²) in [4.78, 5) is 64.8. The molecule has 0 radical (unpaired) electrons. The van der Waals surface area contributed by atoms with Crippen LogP contribution in [0.1, 0.15) is 59.0 Å². The first-order valence-electron chi connectivity index (χ1n) is 10.8. The van der Waals surface area contributed by atoms with Crippen molar-refractivity contribution in [2.45, 2.75) is 39.3 Å². The molecule has 8 heteroatoms. The van der Waals surface area contributed by atoms with E-state index in [1.54, 1.807) is 41.3 Å². The Morgan fingerprint density at radius 1 is 0.939 bits per heavy atom. The Balaban J connectivity index is 1.49. The number of fused-ring (bicyclic) bond motifs is 2. The molecule has 1 saturated heterocycles. The summed E-state index contributed by atoms with van der Waals surface area (Å²) in [6.07, 6.45) is -1.11. The van der Waals surface area contributed by atoms with Gasteiger partial charge in [-0.2, -0.15) is 0 Å². The van der Waals surface area contributed by atoms with E-state index in [0.29, 0.717) is 5.56 Å². The zero-order chi connectivity index (χ0) is 23.9. The second-order valence-corrected chi connectivity index (χ2v) is 8.54. The van der Waals surface area contributed by atoms with Crippen LogP contribution in [-0.2, 0) is 19.1 Å². The number of ether oxygens (including phenoxy) is 1. The molecule has 170 valence electrons. The van der Waals surface area contributed by atoms with Gasteiger partial charge in [0.15, 0.2) is 17.7 Å². The van der Waals surface area contributed by atoms with E-state index < -0.39 is 23.9 Å². The Bertz CT molecular complexity index is 1190. The molecule has 2 atom stereocenters.